The van der Waals surface area contributed by atoms with Crippen molar-refractivity contribution in [2.24, 2.45) is 5.10 Å². The molecule has 0 saturated carbocycles. The van der Waals surface area contributed by atoms with Gasteiger partial charge in [0.25, 0.3) is 5.91 Å². The predicted molar refractivity (Wildman–Crippen MR) is 92.3 cm³/mol. The maximum Gasteiger partial charge on any atom is 0.273 e. The van der Waals surface area contributed by atoms with Crippen molar-refractivity contribution in [3.63, 3.8) is 0 Å². The Balaban J connectivity index is 1.95. The van der Waals surface area contributed by atoms with Crippen molar-refractivity contribution in [3.05, 3.63) is 71.3 Å². The number of hydrazone groups is 1. The second-order valence-corrected chi connectivity index (χ2v) is 6.42. The van der Waals surface area contributed by atoms with Crippen molar-refractivity contribution in [2.75, 3.05) is 0 Å². The Hall–Kier alpha value is -2.46. The zero-order valence-electron chi connectivity index (χ0n) is 13.7. The Bertz CT molecular complexity index is 671. The Kier molecular flexibility index (Phi) is 5.29. The smallest absolute Gasteiger partial charge is 0.273 e. The zero-order chi connectivity index (χ0) is 16.9. The molecule has 120 valence electrons. The third kappa shape index (κ3) is 4.76. The summed E-state index contributed by atoms with van der Waals surface area (Å²) in [5, 5.41) is 13.8. The van der Waals surface area contributed by atoms with Gasteiger partial charge < -0.3 is 5.11 Å². The molecule has 1 atom stereocenters. The topological polar surface area (TPSA) is 61.7 Å². The second-order valence-electron chi connectivity index (χ2n) is 6.42. The maximum atomic E-state index is 11.8. The first-order chi connectivity index (χ1) is 10.9. The van der Waals surface area contributed by atoms with E-state index in [2.05, 4.69) is 31.3 Å². The molecule has 1 amide bonds. The van der Waals surface area contributed by atoms with E-state index in [9.17, 15) is 9.90 Å². The summed E-state index contributed by atoms with van der Waals surface area (Å²) in [5.74, 6) is -0.557. The summed E-state index contributed by atoms with van der Waals surface area (Å²) >= 11 is 0. The highest BCUT2D eigenvalue weighted by molar-refractivity contribution is 5.85. The van der Waals surface area contributed by atoms with Crippen LogP contribution in [0.1, 0.15) is 43.6 Å². The van der Waals surface area contributed by atoms with Gasteiger partial charge in [-0.1, -0.05) is 75.4 Å². The monoisotopic (exact) mass is 310 g/mol. The Morgan fingerprint density at radius 3 is 2.26 bits per heavy atom. The van der Waals surface area contributed by atoms with E-state index in [4.69, 9.17) is 0 Å². The van der Waals surface area contributed by atoms with Crippen LogP contribution in [0.4, 0.5) is 0 Å². The Morgan fingerprint density at radius 2 is 1.70 bits per heavy atom. The molecule has 0 aliphatic carbocycles. The summed E-state index contributed by atoms with van der Waals surface area (Å²) in [4.78, 5) is 11.8. The zero-order valence-corrected chi connectivity index (χ0v) is 13.7. The van der Waals surface area contributed by atoms with E-state index in [1.165, 1.54) is 5.56 Å². The van der Waals surface area contributed by atoms with Gasteiger partial charge in [0.2, 0.25) is 0 Å². The van der Waals surface area contributed by atoms with E-state index in [-0.39, 0.29) is 5.41 Å². The van der Waals surface area contributed by atoms with E-state index in [0.717, 1.165) is 5.56 Å². The largest absolute Gasteiger partial charge is 0.378 e. The van der Waals surface area contributed by atoms with Crippen molar-refractivity contribution in [1.29, 1.82) is 0 Å². The van der Waals surface area contributed by atoms with E-state index in [0.29, 0.717) is 5.56 Å². The van der Waals surface area contributed by atoms with Gasteiger partial charge >= 0.3 is 0 Å². The minimum Gasteiger partial charge on any atom is -0.378 e. The van der Waals surface area contributed by atoms with E-state index < -0.39 is 12.0 Å². The highest BCUT2D eigenvalue weighted by Gasteiger charge is 2.16. The molecule has 2 N–H and O–H groups in total. The van der Waals surface area contributed by atoms with Crippen molar-refractivity contribution in [2.45, 2.75) is 32.3 Å². The van der Waals surface area contributed by atoms with Crippen LogP contribution in [0.25, 0.3) is 0 Å². The van der Waals surface area contributed by atoms with Crippen LogP contribution in [0.5, 0.6) is 0 Å². The number of hydrogen-bond donors (Lipinski definition) is 2. The first kappa shape index (κ1) is 16.9. The van der Waals surface area contributed by atoms with Gasteiger partial charge in [0.05, 0.1) is 6.21 Å². The lowest BCUT2D eigenvalue weighted by molar-refractivity contribution is -0.129. The molecule has 2 aromatic carbocycles. The van der Waals surface area contributed by atoms with Crippen molar-refractivity contribution >= 4 is 12.1 Å². The number of carbonyl (C=O) groups excluding carboxylic acids is 1. The Labute approximate surface area is 136 Å². The molecule has 0 aromatic heterocycles. The molecule has 4 heteroatoms. The van der Waals surface area contributed by atoms with E-state index in [1.54, 1.807) is 30.5 Å². The number of aliphatic hydroxyl groups is 1. The molecule has 0 aliphatic rings. The number of amides is 1. The molecule has 0 fully saturated rings. The van der Waals surface area contributed by atoms with Crippen LogP contribution in [0.15, 0.2) is 59.7 Å². The molecule has 2 rings (SSSR count). The first-order valence-corrected chi connectivity index (χ1v) is 7.54. The highest BCUT2D eigenvalue weighted by atomic mass is 16.3. The molecule has 0 saturated heterocycles. The lowest BCUT2D eigenvalue weighted by Gasteiger charge is -2.18. The van der Waals surface area contributed by atoms with Gasteiger partial charge in [0.1, 0.15) is 0 Å². The molecular formula is C19H22N2O2. The molecule has 1 unspecified atom stereocenters. The molecule has 0 radical (unpaired) electrons. The van der Waals surface area contributed by atoms with Crippen LogP contribution in [0, 0.1) is 0 Å². The highest BCUT2D eigenvalue weighted by Crippen LogP contribution is 2.21. The summed E-state index contributed by atoms with van der Waals surface area (Å²) in [5.41, 5.74) is 5.11. The van der Waals surface area contributed by atoms with Gasteiger partial charge in [0, 0.05) is 0 Å². The van der Waals surface area contributed by atoms with Gasteiger partial charge in [-0.15, -0.1) is 0 Å². The molecular weight excluding hydrogens is 288 g/mol. The number of rotatable bonds is 4. The van der Waals surface area contributed by atoms with E-state index in [1.807, 2.05) is 30.3 Å². The average molecular weight is 310 g/mol. The first-order valence-electron chi connectivity index (χ1n) is 7.54. The summed E-state index contributed by atoms with van der Waals surface area (Å²) in [6.45, 7) is 6.46. The van der Waals surface area contributed by atoms with Gasteiger partial charge in [-0.05, 0) is 22.1 Å². The van der Waals surface area contributed by atoms with Gasteiger partial charge in [-0.3, -0.25) is 4.79 Å². The molecule has 2 aromatic rings. The number of carbonyl (C=O) groups is 1. The van der Waals surface area contributed by atoms with Crippen molar-refractivity contribution in [3.8, 4) is 0 Å². The van der Waals surface area contributed by atoms with Crippen molar-refractivity contribution in [1.82, 2.24) is 5.43 Å². The molecule has 0 aliphatic heterocycles. The lowest BCUT2D eigenvalue weighted by atomic mass is 9.87. The third-order valence-corrected chi connectivity index (χ3v) is 3.53. The normalized spacial score (nSPS) is 13.0. The maximum absolute atomic E-state index is 11.8. The predicted octanol–water partition coefficient (Wildman–Crippen LogP) is 3.17. The number of nitrogens with one attached hydrogen (secondary N) is 1. The lowest BCUT2D eigenvalue weighted by Crippen LogP contribution is -2.25. The molecule has 0 heterocycles. The number of nitrogens with zero attached hydrogens (tertiary/aromatic N) is 1. The number of benzene rings is 2. The fourth-order valence-electron chi connectivity index (χ4n) is 2.09. The molecule has 23 heavy (non-hydrogen) atoms. The average Bonchev–Trinajstić information content (AvgIpc) is 2.54. The SMILES string of the molecule is CC(C)(C)c1ccc(/C=N/NC(=O)C(O)c2ccccc2)cc1. The molecule has 4 nitrogen and oxygen atoms in total. The van der Waals surface area contributed by atoms with Gasteiger partial charge in [-0.2, -0.15) is 5.10 Å². The van der Waals surface area contributed by atoms with Crippen LogP contribution in [0.2, 0.25) is 0 Å². The summed E-state index contributed by atoms with van der Waals surface area (Å²) in [6.07, 6.45) is 0.332. The summed E-state index contributed by atoms with van der Waals surface area (Å²) < 4.78 is 0. The summed E-state index contributed by atoms with van der Waals surface area (Å²) in [7, 11) is 0. The third-order valence-electron chi connectivity index (χ3n) is 3.53. The van der Waals surface area contributed by atoms with Crippen LogP contribution in [-0.4, -0.2) is 17.2 Å². The van der Waals surface area contributed by atoms with Gasteiger partial charge in [-0.25, -0.2) is 5.43 Å². The quantitative estimate of drug-likeness (QED) is 0.673. The fraction of sp³-hybridized carbons (Fsp3) is 0.263. The Morgan fingerprint density at radius 1 is 1.09 bits per heavy atom. The van der Waals surface area contributed by atoms with Crippen LogP contribution < -0.4 is 5.43 Å². The number of hydrogen-bond acceptors (Lipinski definition) is 3. The standard InChI is InChI=1S/C19H22N2O2/c1-19(2,3)16-11-9-14(10-12-16)13-20-21-18(23)17(22)15-7-5-4-6-8-15/h4-13,17,22H,1-3H3,(H,21,23)/b20-13+. The second kappa shape index (κ2) is 7.20. The minimum absolute atomic E-state index is 0.101. The summed E-state index contributed by atoms with van der Waals surface area (Å²) in [6, 6.07) is 16.7. The van der Waals surface area contributed by atoms with Crippen molar-refractivity contribution < 1.29 is 9.90 Å². The molecule has 0 spiro atoms. The fourth-order valence-corrected chi connectivity index (χ4v) is 2.09. The van der Waals surface area contributed by atoms with Crippen LogP contribution in [-0.2, 0) is 10.2 Å². The van der Waals surface area contributed by atoms with E-state index >= 15 is 0 Å². The number of aliphatic hydroxyl groups excluding tert-OH is 1. The van der Waals surface area contributed by atoms with Crippen LogP contribution in [0.3, 0.4) is 0 Å². The minimum atomic E-state index is -1.23. The van der Waals surface area contributed by atoms with Gasteiger partial charge in [0.15, 0.2) is 6.10 Å². The molecule has 0 bridgehead atoms. The van der Waals surface area contributed by atoms with Crippen LogP contribution >= 0.6 is 0 Å².